The van der Waals surface area contributed by atoms with Gasteiger partial charge >= 0.3 is 0 Å². The largest absolute Gasteiger partial charge is 0.494 e. The lowest BCUT2D eigenvalue weighted by Gasteiger charge is -2.38. The number of piperazine rings is 1. The van der Waals surface area contributed by atoms with Gasteiger partial charge in [-0.15, -0.1) is 0 Å². The van der Waals surface area contributed by atoms with E-state index in [1.165, 1.54) is 20.7 Å². The van der Waals surface area contributed by atoms with Crippen LogP contribution in [0.4, 0.5) is 0 Å². The summed E-state index contributed by atoms with van der Waals surface area (Å²) in [6.07, 6.45) is 0. The quantitative estimate of drug-likeness (QED) is 0.557. The highest BCUT2D eigenvalue weighted by Gasteiger charge is 2.38. The molecule has 1 saturated heterocycles. The number of benzene rings is 2. The third kappa shape index (κ3) is 5.18. The Bertz CT molecular complexity index is 1210. The van der Waals surface area contributed by atoms with Gasteiger partial charge < -0.3 is 9.47 Å². The lowest BCUT2D eigenvalue weighted by molar-refractivity contribution is 0.212. The molecular weight excluding hydrogens is 464 g/mol. The number of hydrogen-bond donors (Lipinski definition) is 0. The van der Waals surface area contributed by atoms with E-state index >= 15 is 0 Å². The molecule has 1 atom stereocenters. The van der Waals surface area contributed by atoms with Crippen molar-refractivity contribution in [1.82, 2.24) is 8.61 Å². The van der Waals surface area contributed by atoms with Gasteiger partial charge in [0.15, 0.2) is 0 Å². The van der Waals surface area contributed by atoms with E-state index in [2.05, 4.69) is 0 Å². The third-order valence-corrected chi connectivity index (χ3v) is 9.54. The third-order valence-electron chi connectivity index (χ3n) is 5.67. The molecule has 2 aromatic rings. The molecule has 1 aliphatic heterocycles. The molecule has 1 heterocycles. The zero-order valence-corrected chi connectivity index (χ0v) is 21.4. The van der Waals surface area contributed by atoms with E-state index in [1.54, 1.807) is 45.0 Å². The van der Waals surface area contributed by atoms with Crippen LogP contribution in [0.25, 0.3) is 0 Å². The summed E-state index contributed by atoms with van der Waals surface area (Å²) in [7, 11) is -7.54. The molecule has 0 saturated carbocycles. The first-order valence-corrected chi connectivity index (χ1v) is 13.9. The van der Waals surface area contributed by atoms with Crippen molar-refractivity contribution >= 4 is 20.0 Å². The van der Waals surface area contributed by atoms with Crippen molar-refractivity contribution in [2.45, 2.75) is 50.5 Å². The van der Waals surface area contributed by atoms with E-state index in [9.17, 15) is 16.8 Å². The molecular formula is C23H32N2O6S2. The fourth-order valence-electron chi connectivity index (χ4n) is 3.97. The fourth-order valence-corrected chi connectivity index (χ4v) is 7.26. The maximum atomic E-state index is 13.3. The SMILES string of the molecule is CCOc1ccc(S(=O)(=O)N2CCN(S(=O)(=O)c3ccc(OCC)c(C)c3)[C@@H](C)C2)cc1C. The van der Waals surface area contributed by atoms with Gasteiger partial charge in [0.05, 0.1) is 23.0 Å². The Balaban J connectivity index is 1.80. The van der Waals surface area contributed by atoms with Crippen LogP contribution in [-0.4, -0.2) is 64.3 Å². The molecule has 1 aliphatic rings. The molecule has 182 valence electrons. The van der Waals surface area contributed by atoms with Gasteiger partial charge in [-0.3, -0.25) is 0 Å². The maximum absolute atomic E-state index is 13.3. The molecule has 3 rings (SSSR count). The van der Waals surface area contributed by atoms with E-state index in [-0.39, 0.29) is 29.4 Å². The molecule has 0 amide bonds. The van der Waals surface area contributed by atoms with Crippen LogP contribution >= 0.6 is 0 Å². The number of hydrogen-bond acceptors (Lipinski definition) is 6. The smallest absolute Gasteiger partial charge is 0.243 e. The van der Waals surface area contributed by atoms with Crippen molar-refractivity contribution in [2.75, 3.05) is 32.8 Å². The van der Waals surface area contributed by atoms with E-state index < -0.39 is 26.1 Å². The van der Waals surface area contributed by atoms with Crippen LogP contribution in [0.15, 0.2) is 46.2 Å². The number of rotatable bonds is 8. The van der Waals surface area contributed by atoms with E-state index in [4.69, 9.17) is 9.47 Å². The molecule has 10 heteroatoms. The molecule has 0 radical (unpaired) electrons. The average molecular weight is 497 g/mol. The number of nitrogens with zero attached hydrogens (tertiary/aromatic N) is 2. The summed E-state index contributed by atoms with van der Waals surface area (Å²) in [6, 6.07) is 9.05. The second kappa shape index (κ2) is 10.0. The van der Waals surface area contributed by atoms with Gasteiger partial charge in [-0.05, 0) is 82.1 Å². The van der Waals surface area contributed by atoms with E-state index in [0.717, 1.165) is 11.1 Å². The van der Waals surface area contributed by atoms with Crippen LogP contribution < -0.4 is 9.47 Å². The van der Waals surface area contributed by atoms with Crippen LogP contribution in [0.1, 0.15) is 31.9 Å². The van der Waals surface area contributed by atoms with Gasteiger partial charge in [0.25, 0.3) is 0 Å². The van der Waals surface area contributed by atoms with Gasteiger partial charge in [0.1, 0.15) is 11.5 Å². The number of sulfonamides is 2. The normalized spacial score (nSPS) is 18.3. The minimum atomic E-state index is -3.78. The first-order chi connectivity index (χ1) is 15.5. The van der Waals surface area contributed by atoms with Crippen LogP contribution in [0.5, 0.6) is 11.5 Å². The molecule has 2 aromatic carbocycles. The maximum Gasteiger partial charge on any atom is 0.243 e. The van der Waals surface area contributed by atoms with Crippen molar-refractivity contribution in [3.8, 4) is 11.5 Å². The molecule has 0 unspecified atom stereocenters. The van der Waals surface area contributed by atoms with E-state index in [1.807, 2.05) is 13.8 Å². The average Bonchev–Trinajstić information content (AvgIpc) is 2.76. The first-order valence-electron chi connectivity index (χ1n) is 11.0. The van der Waals surface area contributed by atoms with Gasteiger partial charge in [-0.1, -0.05) is 0 Å². The summed E-state index contributed by atoms with van der Waals surface area (Å²) < 4.78 is 66.8. The van der Waals surface area contributed by atoms with Crippen LogP contribution in [0.3, 0.4) is 0 Å². The van der Waals surface area contributed by atoms with Crippen molar-refractivity contribution in [3.63, 3.8) is 0 Å². The van der Waals surface area contributed by atoms with Crippen LogP contribution in [0, 0.1) is 13.8 Å². The Morgan fingerprint density at radius 3 is 1.73 bits per heavy atom. The van der Waals surface area contributed by atoms with Crippen molar-refractivity contribution in [3.05, 3.63) is 47.5 Å². The van der Waals surface area contributed by atoms with Crippen molar-refractivity contribution < 1.29 is 26.3 Å². The highest BCUT2D eigenvalue weighted by atomic mass is 32.2. The molecule has 0 aromatic heterocycles. The lowest BCUT2D eigenvalue weighted by atomic mass is 10.2. The van der Waals surface area contributed by atoms with Crippen LogP contribution in [0.2, 0.25) is 0 Å². The Morgan fingerprint density at radius 2 is 1.30 bits per heavy atom. The Labute approximate surface area is 197 Å². The van der Waals surface area contributed by atoms with Crippen molar-refractivity contribution in [2.24, 2.45) is 0 Å². The zero-order chi connectivity index (χ0) is 24.4. The predicted molar refractivity (Wildman–Crippen MR) is 127 cm³/mol. The van der Waals surface area contributed by atoms with Gasteiger partial charge in [-0.25, -0.2) is 16.8 Å². The topological polar surface area (TPSA) is 93.2 Å². The molecule has 1 fully saturated rings. The summed E-state index contributed by atoms with van der Waals surface area (Å²) >= 11 is 0. The standard InChI is InChI=1S/C23H32N2O6S2/c1-6-30-22-10-8-20(14-17(22)3)32(26,27)24-12-13-25(19(5)16-24)33(28,29)21-9-11-23(31-7-2)18(4)15-21/h8-11,14-15,19H,6-7,12-13,16H2,1-5H3/t19-/m0/s1. The Hall–Kier alpha value is -2.14. The summed E-state index contributed by atoms with van der Waals surface area (Å²) in [5.41, 5.74) is 1.47. The fraction of sp³-hybridized carbons (Fsp3) is 0.478. The molecule has 0 bridgehead atoms. The zero-order valence-electron chi connectivity index (χ0n) is 19.7. The Kier molecular flexibility index (Phi) is 7.73. The summed E-state index contributed by atoms with van der Waals surface area (Å²) in [5, 5.41) is 0. The summed E-state index contributed by atoms with van der Waals surface area (Å²) in [4.78, 5) is 0.350. The van der Waals surface area contributed by atoms with Crippen LogP contribution in [-0.2, 0) is 20.0 Å². The second-order valence-electron chi connectivity index (χ2n) is 8.05. The monoisotopic (exact) mass is 496 g/mol. The second-order valence-corrected chi connectivity index (χ2v) is 11.9. The number of ether oxygens (including phenoxy) is 2. The van der Waals surface area contributed by atoms with Crippen molar-refractivity contribution in [1.29, 1.82) is 0 Å². The molecule has 0 spiro atoms. The number of aryl methyl sites for hydroxylation is 2. The molecule has 0 N–H and O–H groups in total. The lowest BCUT2D eigenvalue weighted by Crippen LogP contribution is -2.55. The molecule has 0 aliphatic carbocycles. The highest BCUT2D eigenvalue weighted by molar-refractivity contribution is 7.89. The minimum Gasteiger partial charge on any atom is -0.494 e. The van der Waals surface area contributed by atoms with Gasteiger partial charge in [-0.2, -0.15) is 8.61 Å². The summed E-state index contributed by atoms with van der Waals surface area (Å²) in [6.45, 7) is 10.3. The molecule has 8 nitrogen and oxygen atoms in total. The first kappa shape index (κ1) is 25.5. The molecule has 33 heavy (non-hydrogen) atoms. The minimum absolute atomic E-state index is 0.0732. The highest BCUT2D eigenvalue weighted by Crippen LogP contribution is 2.29. The Morgan fingerprint density at radius 1 is 0.818 bits per heavy atom. The van der Waals surface area contributed by atoms with Gasteiger partial charge in [0.2, 0.25) is 20.0 Å². The van der Waals surface area contributed by atoms with Gasteiger partial charge in [0, 0.05) is 25.7 Å². The van der Waals surface area contributed by atoms with E-state index in [0.29, 0.717) is 24.7 Å². The predicted octanol–water partition coefficient (Wildman–Crippen LogP) is 3.18. The summed E-state index contributed by atoms with van der Waals surface area (Å²) in [5.74, 6) is 1.29.